The number of aromatic nitrogens is 2. The maximum atomic E-state index is 4.55. The van der Waals surface area contributed by atoms with Gasteiger partial charge in [0.15, 0.2) is 0 Å². The molecule has 0 atom stereocenters. The first kappa shape index (κ1) is 18.7. The quantitative estimate of drug-likeness (QED) is 0.390. The highest BCUT2D eigenvalue weighted by Gasteiger charge is 2.08. The summed E-state index contributed by atoms with van der Waals surface area (Å²) in [6.07, 6.45) is 5.01. The zero-order valence-electron chi connectivity index (χ0n) is 15.5. The molecule has 0 amide bonds. The Kier molecular flexibility index (Phi) is 6.12. The summed E-state index contributed by atoms with van der Waals surface area (Å²) in [5, 5.41) is 4.68. The van der Waals surface area contributed by atoms with Gasteiger partial charge in [-0.2, -0.15) is 0 Å². The lowest BCUT2D eigenvalue weighted by atomic mass is 10.1. The van der Waals surface area contributed by atoms with Crippen molar-refractivity contribution in [2.75, 3.05) is 11.6 Å². The van der Waals surface area contributed by atoms with Gasteiger partial charge < -0.3 is 5.32 Å². The summed E-state index contributed by atoms with van der Waals surface area (Å²) in [6, 6.07) is 12.8. The van der Waals surface area contributed by atoms with Gasteiger partial charge in [0.25, 0.3) is 0 Å². The van der Waals surface area contributed by atoms with Crippen LogP contribution in [0.3, 0.4) is 0 Å². The number of aryl methyl sites for hydroxylation is 1. The molecular weight excluding hydrogens is 358 g/mol. The standard InChI is InChI=1S/C19H17N3S2.C2H6/c1-3-12-8-16-14(10-19(12)23-2)15(6-7-20-16)22-13-4-5-18-17(9-13)21-11-24-18;1-2/h4-11H,3H2,1-2H3,(H,20,22);1-2H3. The van der Waals surface area contributed by atoms with Gasteiger partial charge in [-0.05, 0) is 54.6 Å². The second kappa shape index (κ2) is 8.52. The number of hydrogen-bond acceptors (Lipinski definition) is 5. The Morgan fingerprint density at radius 3 is 2.65 bits per heavy atom. The van der Waals surface area contributed by atoms with Crippen molar-refractivity contribution in [2.24, 2.45) is 0 Å². The summed E-state index contributed by atoms with van der Waals surface area (Å²) in [5.74, 6) is 0. The Morgan fingerprint density at radius 2 is 1.88 bits per heavy atom. The number of nitrogens with zero attached hydrogens (tertiary/aromatic N) is 2. The van der Waals surface area contributed by atoms with Crippen molar-refractivity contribution in [1.82, 2.24) is 9.97 Å². The van der Waals surface area contributed by atoms with E-state index in [0.717, 1.165) is 34.2 Å². The molecule has 4 rings (SSSR count). The Bertz CT molecular complexity index is 1020. The van der Waals surface area contributed by atoms with Crippen LogP contribution in [-0.2, 0) is 6.42 Å². The van der Waals surface area contributed by atoms with Crippen LogP contribution in [-0.4, -0.2) is 16.2 Å². The highest BCUT2D eigenvalue weighted by molar-refractivity contribution is 7.98. The van der Waals surface area contributed by atoms with Crippen molar-refractivity contribution in [3.8, 4) is 0 Å². The van der Waals surface area contributed by atoms with Crippen LogP contribution in [0.2, 0.25) is 0 Å². The van der Waals surface area contributed by atoms with Crippen molar-refractivity contribution in [3.63, 3.8) is 0 Å². The van der Waals surface area contributed by atoms with Gasteiger partial charge in [0.05, 0.1) is 21.2 Å². The van der Waals surface area contributed by atoms with Gasteiger partial charge in [0, 0.05) is 27.9 Å². The molecule has 5 heteroatoms. The van der Waals surface area contributed by atoms with Crippen molar-refractivity contribution in [2.45, 2.75) is 32.1 Å². The number of nitrogens with one attached hydrogen (secondary N) is 1. The molecule has 0 radical (unpaired) electrons. The lowest BCUT2D eigenvalue weighted by molar-refractivity contribution is 1.09. The van der Waals surface area contributed by atoms with E-state index in [9.17, 15) is 0 Å². The lowest BCUT2D eigenvalue weighted by Crippen LogP contribution is -1.94. The van der Waals surface area contributed by atoms with Crippen LogP contribution in [0.4, 0.5) is 11.4 Å². The molecule has 0 saturated carbocycles. The van der Waals surface area contributed by atoms with E-state index in [-0.39, 0.29) is 0 Å². The highest BCUT2D eigenvalue weighted by Crippen LogP contribution is 2.32. The molecule has 0 saturated heterocycles. The minimum absolute atomic E-state index is 1.02. The number of fused-ring (bicyclic) bond motifs is 2. The van der Waals surface area contributed by atoms with E-state index in [2.05, 4.69) is 58.8 Å². The van der Waals surface area contributed by atoms with E-state index in [4.69, 9.17) is 0 Å². The second-order valence-electron chi connectivity index (χ2n) is 5.55. The number of rotatable bonds is 4. The summed E-state index contributed by atoms with van der Waals surface area (Å²) in [6.45, 7) is 6.19. The van der Waals surface area contributed by atoms with Gasteiger partial charge in [0.2, 0.25) is 0 Å². The topological polar surface area (TPSA) is 37.8 Å². The first-order valence-electron chi connectivity index (χ1n) is 8.84. The molecule has 0 aliphatic rings. The van der Waals surface area contributed by atoms with Crippen LogP contribution < -0.4 is 5.32 Å². The van der Waals surface area contributed by atoms with Crippen molar-refractivity contribution in [1.29, 1.82) is 0 Å². The Morgan fingerprint density at radius 1 is 1.04 bits per heavy atom. The monoisotopic (exact) mass is 381 g/mol. The first-order chi connectivity index (χ1) is 12.8. The average molecular weight is 382 g/mol. The molecular formula is C21H23N3S2. The number of anilines is 2. The van der Waals surface area contributed by atoms with Crippen LogP contribution in [0.1, 0.15) is 26.3 Å². The number of benzene rings is 2. The van der Waals surface area contributed by atoms with E-state index < -0.39 is 0 Å². The molecule has 0 aliphatic carbocycles. The van der Waals surface area contributed by atoms with Crippen LogP contribution in [0.25, 0.3) is 21.1 Å². The van der Waals surface area contributed by atoms with Crippen molar-refractivity contribution >= 4 is 55.6 Å². The molecule has 2 aromatic heterocycles. The first-order valence-corrected chi connectivity index (χ1v) is 10.9. The summed E-state index contributed by atoms with van der Waals surface area (Å²) in [7, 11) is 0. The SMILES string of the molecule is CC.CCc1cc2nccc(Nc3ccc4scnc4c3)c2cc1SC. The van der Waals surface area contributed by atoms with E-state index >= 15 is 0 Å². The maximum absolute atomic E-state index is 4.55. The lowest BCUT2D eigenvalue weighted by Gasteiger charge is -2.12. The molecule has 2 aromatic carbocycles. The molecule has 0 fully saturated rings. The Labute approximate surface area is 162 Å². The van der Waals surface area contributed by atoms with Gasteiger partial charge in [-0.25, -0.2) is 4.98 Å². The van der Waals surface area contributed by atoms with E-state index in [1.165, 1.54) is 15.2 Å². The van der Waals surface area contributed by atoms with E-state index in [1.807, 2.05) is 31.6 Å². The normalized spacial score (nSPS) is 10.6. The minimum atomic E-state index is 1.02. The maximum Gasteiger partial charge on any atom is 0.0832 e. The molecule has 0 unspecified atom stereocenters. The molecule has 0 spiro atoms. The third kappa shape index (κ3) is 3.69. The van der Waals surface area contributed by atoms with E-state index in [0.29, 0.717) is 0 Å². The Balaban J connectivity index is 0.000000948. The molecule has 4 aromatic rings. The molecule has 0 aliphatic heterocycles. The molecule has 1 N–H and O–H groups in total. The fourth-order valence-electron chi connectivity index (χ4n) is 2.88. The van der Waals surface area contributed by atoms with Crippen LogP contribution in [0.15, 0.2) is 53.0 Å². The van der Waals surface area contributed by atoms with Crippen molar-refractivity contribution < 1.29 is 0 Å². The smallest absolute Gasteiger partial charge is 0.0832 e. The Hall–Kier alpha value is -2.11. The highest BCUT2D eigenvalue weighted by atomic mass is 32.2. The summed E-state index contributed by atoms with van der Waals surface area (Å²) < 4.78 is 1.21. The van der Waals surface area contributed by atoms with Crippen molar-refractivity contribution in [3.05, 3.63) is 53.7 Å². The van der Waals surface area contributed by atoms with Crippen LogP contribution in [0, 0.1) is 0 Å². The average Bonchev–Trinajstić information content (AvgIpc) is 3.16. The van der Waals surface area contributed by atoms with Crippen LogP contribution in [0.5, 0.6) is 0 Å². The number of thioether (sulfide) groups is 1. The molecule has 0 bridgehead atoms. The molecule has 2 heterocycles. The molecule has 134 valence electrons. The fraction of sp³-hybridized carbons (Fsp3) is 0.238. The molecule has 26 heavy (non-hydrogen) atoms. The van der Waals surface area contributed by atoms with Crippen LogP contribution >= 0.6 is 23.1 Å². The van der Waals surface area contributed by atoms with E-state index in [1.54, 1.807) is 23.1 Å². The zero-order chi connectivity index (χ0) is 18.5. The zero-order valence-corrected chi connectivity index (χ0v) is 17.2. The summed E-state index contributed by atoms with van der Waals surface area (Å²) in [5.41, 5.74) is 7.42. The summed E-state index contributed by atoms with van der Waals surface area (Å²) >= 11 is 3.45. The van der Waals surface area contributed by atoms with Gasteiger partial charge in [0.1, 0.15) is 0 Å². The fourth-order valence-corrected chi connectivity index (χ4v) is 4.24. The third-order valence-corrected chi connectivity index (χ3v) is 5.76. The number of thiazole rings is 1. The summed E-state index contributed by atoms with van der Waals surface area (Å²) in [4.78, 5) is 10.3. The van der Waals surface area contributed by atoms with Gasteiger partial charge in [-0.3, -0.25) is 4.98 Å². The van der Waals surface area contributed by atoms with Gasteiger partial charge in [-0.15, -0.1) is 23.1 Å². The van der Waals surface area contributed by atoms with Gasteiger partial charge >= 0.3 is 0 Å². The molecule has 3 nitrogen and oxygen atoms in total. The predicted octanol–water partition coefficient (Wildman–Crippen LogP) is 6.90. The minimum Gasteiger partial charge on any atom is -0.355 e. The third-order valence-electron chi connectivity index (χ3n) is 4.13. The second-order valence-corrected chi connectivity index (χ2v) is 7.29. The predicted molar refractivity (Wildman–Crippen MR) is 117 cm³/mol. The largest absolute Gasteiger partial charge is 0.355 e. The number of hydrogen-bond donors (Lipinski definition) is 1. The van der Waals surface area contributed by atoms with Gasteiger partial charge in [-0.1, -0.05) is 20.8 Å². The number of pyridine rings is 1.